The van der Waals surface area contributed by atoms with Gasteiger partial charge in [0, 0.05) is 17.8 Å². The van der Waals surface area contributed by atoms with Crippen molar-refractivity contribution in [1.82, 2.24) is 0 Å². The van der Waals surface area contributed by atoms with Crippen molar-refractivity contribution in [2.45, 2.75) is 44.1 Å². The fourth-order valence-electron chi connectivity index (χ4n) is 3.61. The first kappa shape index (κ1) is 14.3. The van der Waals surface area contributed by atoms with Gasteiger partial charge >= 0.3 is 0 Å². The maximum atomic E-state index is 13.3. The van der Waals surface area contributed by atoms with E-state index in [1.165, 1.54) is 31.7 Å². The highest BCUT2D eigenvalue weighted by Crippen LogP contribution is 2.47. The first-order chi connectivity index (χ1) is 9.62. The molecule has 0 spiro atoms. The van der Waals surface area contributed by atoms with Gasteiger partial charge in [0.2, 0.25) is 0 Å². The molecular formula is C16H22BrFN2. The predicted molar refractivity (Wildman–Crippen MR) is 84.2 cm³/mol. The molecule has 0 heterocycles. The van der Waals surface area contributed by atoms with Crippen LogP contribution >= 0.6 is 15.9 Å². The Labute approximate surface area is 128 Å². The lowest BCUT2D eigenvalue weighted by Crippen LogP contribution is -2.49. The molecule has 4 heteroatoms. The summed E-state index contributed by atoms with van der Waals surface area (Å²) in [6, 6.07) is 5.11. The molecule has 0 radical (unpaired) electrons. The summed E-state index contributed by atoms with van der Waals surface area (Å²) < 4.78 is 13.8. The van der Waals surface area contributed by atoms with Gasteiger partial charge in [0.25, 0.3) is 0 Å². The van der Waals surface area contributed by atoms with Gasteiger partial charge in [0.15, 0.2) is 0 Å². The molecule has 0 saturated heterocycles. The normalized spacial score (nSPS) is 30.2. The van der Waals surface area contributed by atoms with E-state index in [4.69, 9.17) is 5.73 Å². The number of hydrogen-bond acceptors (Lipinski definition) is 2. The molecule has 2 fully saturated rings. The number of rotatable bonds is 4. The molecule has 2 aliphatic rings. The first-order valence-electron chi connectivity index (χ1n) is 7.55. The average Bonchev–Trinajstić information content (AvgIpc) is 3.28. The molecule has 2 saturated carbocycles. The number of halogens is 2. The molecule has 2 nitrogen and oxygen atoms in total. The van der Waals surface area contributed by atoms with Crippen LogP contribution in [0, 0.1) is 17.7 Å². The molecule has 1 aromatic carbocycles. The largest absolute Gasteiger partial charge is 0.378 e. The SMILES string of the molecule is NCC1(Nc2ccc(F)c(Br)c2)CCCC(C2CC2)C1. The van der Waals surface area contributed by atoms with Gasteiger partial charge < -0.3 is 11.1 Å². The Balaban J connectivity index is 1.75. The lowest BCUT2D eigenvalue weighted by Gasteiger charge is -2.42. The van der Waals surface area contributed by atoms with E-state index < -0.39 is 0 Å². The smallest absolute Gasteiger partial charge is 0.137 e. The van der Waals surface area contributed by atoms with Crippen molar-refractivity contribution >= 4 is 21.6 Å². The second-order valence-corrected chi connectivity index (χ2v) is 7.29. The Morgan fingerprint density at radius 1 is 1.30 bits per heavy atom. The van der Waals surface area contributed by atoms with Crippen LogP contribution < -0.4 is 11.1 Å². The van der Waals surface area contributed by atoms with E-state index in [1.54, 1.807) is 6.07 Å². The molecule has 3 rings (SSSR count). The molecule has 2 atom stereocenters. The summed E-state index contributed by atoms with van der Waals surface area (Å²) >= 11 is 3.25. The lowest BCUT2D eigenvalue weighted by molar-refractivity contribution is 0.228. The average molecular weight is 341 g/mol. The number of nitrogens with two attached hydrogens (primary N) is 1. The van der Waals surface area contributed by atoms with Gasteiger partial charge in [-0.2, -0.15) is 0 Å². The zero-order chi connectivity index (χ0) is 14.2. The summed E-state index contributed by atoms with van der Waals surface area (Å²) in [5.41, 5.74) is 7.04. The van der Waals surface area contributed by atoms with Crippen molar-refractivity contribution in [2.24, 2.45) is 17.6 Å². The van der Waals surface area contributed by atoms with Gasteiger partial charge in [-0.15, -0.1) is 0 Å². The maximum absolute atomic E-state index is 13.3. The molecule has 0 aliphatic heterocycles. The van der Waals surface area contributed by atoms with E-state index >= 15 is 0 Å². The van der Waals surface area contributed by atoms with E-state index in [0.29, 0.717) is 11.0 Å². The van der Waals surface area contributed by atoms with Crippen molar-refractivity contribution in [3.05, 3.63) is 28.5 Å². The molecule has 0 amide bonds. The van der Waals surface area contributed by atoms with Gasteiger partial charge in [-0.25, -0.2) is 4.39 Å². The standard InChI is InChI=1S/C16H22BrFN2/c17-14-8-13(5-6-15(14)18)20-16(10-19)7-1-2-12(9-16)11-3-4-11/h5-6,8,11-12,20H,1-4,7,9-10,19H2. The third-order valence-corrected chi connectivity index (χ3v) is 5.50. The fraction of sp³-hybridized carbons (Fsp3) is 0.625. The second kappa shape index (κ2) is 5.64. The van der Waals surface area contributed by atoms with E-state index in [2.05, 4.69) is 21.2 Å². The van der Waals surface area contributed by atoms with Crippen molar-refractivity contribution < 1.29 is 4.39 Å². The minimum absolute atomic E-state index is 0.0111. The van der Waals surface area contributed by atoms with Crippen molar-refractivity contribution in [1.29, 1.82) is 0 Å². The van der Waals surface area contributed by atoms with Crippen LogP contribution in [0.3, 0.4) is 0 Å². The summed E-state index contributed by atoms with van der Waals surface area (Å²) in [5.74, 6) is 1.53. The number of anilines is 1. The highest BCUT2D eigenvalue weighted by molar-refractivity contribution is 9.10. The van der Waals surface area contributed by atoms with Crippen LogP contribution in [-0.4, -0.2) is 12.1 Å². The zero-order valence-corrected chi connectivity index (χ0v) is 13.3. The number of nitrogens with one attached hydrogen (secondary N) is 1. The predicted octanol–water partition coefficient (Wildman–Crippen LogP) is 4.30. The van der Waals surface area contributed by atoms with Crippen LogP contribution in [0.15, 0.2) is 22.7 Å². The third kappa shape index (κ3) is 3.01. The molecular weight excluding hydrogens is 319 g/mol. The molecule has 1 aromatic rings. The molecule has 3 N–H and O–H groups in total. The van der Waals surface area contributed by atoms with Gasteiger partial charge in [0.1, 0.15) is 5.82 Å². The Bertz CT molecular complexity index is 489. The van der Waals surface area contributed by atoms with Crippen LogP contribution in [0.5, 0.6) is 0 Å². The molecule has 0 aromatic heterocycles. The quantitative estimate of drug-likeness (QED) is 0.857. The number of hydrogen-bond donors (Lipinski definition) is 2. The molecule has 0 bridgehead atoms. The zero-order valence-electron chi connectivity index (χ0n) is 11.7. The van der Waals surface area contributed by atoms with Crippen molar-refractivity contribution in [3.8, 4) is 0 Å². The summed E-state index contributed by atoms with van der Waals surface area (Å²) in [5, 5.41) is 3.60. The first-order valence-corrected chi connectivity index (χ1v) is 8.34. The van der Waals surface area contributed by atoms with E-state index in [1.807, 2.05) is 6.07 Å². The van der Waals surface area contributed by atoms with Crippen LogP contribution in [0.1, 0.15) is 38.5 Å². The third-order valence-electron chi connectivity index (χ3n) is 4.89. The number of benzene rings is 1. The lowest BCUT2D eigenvalue weighted by atomic mass is 9.73. The van der Waals surface area contributed by atoms with Crippen LogP contribution in [0.2, 0.25) is 0 Å². The van der Waals surface area contributed by atoms with E-state index in [0.717, 1.165) is 30.4 Å². The summed E-state index contributed by atoms with van der Waals surface area (Å²) in [6.45, 7) is 0.644. The fourth-order valence-corrected chi connectivity index (χ4v) is 3.99. The van der Waals surface area contributed by atoms with Gasteiger partial charge in [-0.3, -0.25) is 0 Å². The molecule has 20 heavy (non-hydrogen) atoms. The summed E-state index contributed by atoms with van der Waals surface area (Å²) in [4.78, 5) is 0. The summed E-state index contributed by atoms with van der Waals surface area (Å²) in [6.07, 6.45) is 7.65. The monoisotopic (exact) mass is 340 g/mol. The molecule has 2 unspecified atom stereocenters. The van der Waals surface area contributed by atoms with Gasteiger partial charge in [-0.1, -0.05) is 12.8 Å². The van der Waals surface area contributed by atoms with E-state index in [-0.39, 0.29) is 11.4 Å². The summed E-state index contributed by atoms with van der Waals surface area (Å²) in [7, 11) is 0. The van der Waals surface area contributed by atoms with E-state index in [9.17, 15) is 4.39 Å². The second-order valence-electron chi connectivity index (χ2n) is 6.43. The minimum Gasteiger partial charge on any atom is -0.378 e. The topological polar surface area (TPSA) is 38.0 Å². The van der Waals surface area contributed by atoms with Gasteiger partial charge in [0.05, 0.1) is 4.47 Å². The molecule has 110 valence electrons. The maximum Gasteiger partial charge on any atom is 0.137 e. The highest BCUT2D eigenvalue weighted by atomic mass is 79.9. The Morgan fingerprint density at radius 3 is 2.75 bits per heavy atom. The molecule has 2 aliphatic carbocycles. The van der Waals surface area contributed by atoms with Crippen molar-refractivity contribution in [3.63, 3.8) is 0 Å². The van der Waals surface area contributed by atoms with Crippen LogP contribution in [-0.2, 0) is 0 Å². The van der Waals surface area contributed by atoms with Gasteiger partial charge in [-0.05, 0) is 71.6 Å². The van der Waals surface area contributed by atoms with Crippen LogP contribution in [0.25, 0.3) is 0 Å². The van der Waals surface area contributed by atoms with Crippen molar-refractivity contribution in [2.75, 3.05) is 11.9 Å². The Hall–Kier alpha value is -0.610. The minimum atomic E-state index is -0.225. The Morgan fingerprint density at radius 2 is 2.10 bits per heavy atom. The van der Waals surface area contributed by atoms with Crippen LogP contribution in [0.4, 0.5) is 10.1 Å². The Kier molecular flexibility index (Phi) is 4.04. The highest BCUT2D eigenvalue weighted by Gasteiger charge is 2.41.